The number of rotatable bonds is 22. The first kappa shape index (κ1) is 43.6. The second-order valence-electron chi connectivity index (χ2n) is 13.7. The highest BCUT2D eigenvalue weighted by Gasteiger charge is 2.22. The Morgan fingerprint density at radius 3 is 1.68 bits per heavy atom. The van der Waals surface area contributed by atoms with E-state index in [9.17, 15) is 10.2 Å². The Morgan fingerprint density at radius 2 is 1.11 bits per heavy atom. The van der Waals surface area contributed by atoms with Crippen LogP contribution in [0.5, 0.6) is 11.5 Å². The maximum atomic E-state index is 9.81. The van der Waals surface area contributed by atoms with Crippen molar-refractivity contribution in [2.75, 3.05) is 80.3 Å². The number of aliphatic hydroxyl groups is 2. The molecule has 0 fully saturated rings. The van der Waals surface area contributed by atoms with E-state index in [0.29, 0.717) is 87.9 Å². The number of hydrogen-bond acceptors (Lipinski definition) is 12. The molecule has 3 N–H and O–H groups in total. The Morgan fingerprint density at radius 1 is 0.579 bits per heavy atom. The number of methoxy groups -OCH3 is 2. The largest absolute Gasteiger partial charge is 0.487 e. The summed E-state index contributed by atoms with van der Waals surface area (Å²) in [6, 6.07) is 7.88. The second kappa shape index (κ2) is 22.4. The van der Waals surface area contributed by atoms with E-state index in [2.05, 4.69) is 37.9 Å². The van der Waals surface area contributed by atoms with Crippen molar-refractivity contribution in [3.63, 3.8) is 0 Å². The number of aliphatic hydroxyl groups excluding tert-OH is 2. The minimum Gasteiger partial charge on any atom is -0.487 e. The molecule has 0 amide bonds. The summed E-state index contributed by atoms with van der Waals surface area (Å²) in [5.74, 6) is 0.975. The molecule has 4 heterocycles. The van der Waals surface area contributed by atoms with Gasteiger partial charge in [-0.25, -0.2) is 9.97 Å². The van der Waals surface area contributed by atoms with Crippen molar-refractivity contribution in [1.29, 1.82) is 0 Å². The van der Waals surface area contributed by atoms with Crippen molar-refractivity contribution in [3.05, 3.63) is 70.6 Å². The molecule has 0 unspecified atom stereocenters. The molecule has 0 spiro atoms. The van der Waals surface area contributed by atoms with Crippen molar-refractivity contribution in [1.82, 2.24) is 24.9 Å². The van der Waals surface area contributed by atoms with E-state index in [4.69, 9.17) is 48.4 Å². The number of nitrogens with one attached hydrogen (secondary N) is 1. The number of ether oxygens (including phenoxy) is 6. The molecule has 3 aromatic rings. The monoisotopic (exact) mass is 785 g/mol. The summed E-state index contributed by atoms with van der Waals surface area (Å²) in [5.41, 5.74) is 12.9. The maximum Gasteiger partial charge on any atom is 0.163 e. The molecule has 2 aromatic heterocycles. The Bertz CT molecular complexity index is 2080. The fourth-order valence-corrected chi connectivity index (χ4v) is 6.97. The highest BCUT2D eigenvalue weighted by atomic mass is 16.6. The zero-order valence-corrected chi connectivity index (χ0v) is 34.4. The topological polar surface area (TPSA) is 163 Å². The predicted molar refractivity (Wildman–Crippen MR) is 224 cm³/mol. The lowest BCUT2D eigenvalue weighted by Gasteiger charge is -2.14. The number of aromatic amines is 1. The molecule has 5 rings (SSSR count). The maximum absolute atomic E-state index is 9.81. The smallest absolute Gasteiger partial charge is 0.163 e. The minimum absolute atomic E-state index is 0.0762. The van der Waals surface area contributed by atoms with E-state index in [1.807, 2.05) is 25.3 Å². The van der Waals surface area contributed by atoms with Crippen LogP contribution in [-0.2, 0) is 25.4 Å². The van der Waals surface area contributed by atoms with Gasteiger partial charge in [0.15, 0.2) is 11.5 Å². The second-order valence-corrected chi connectivity index (χ2v) is 13.7. The first-order chi connectivity index (χ1) is 27.9. The van der Waals surface area contributed by atoms with Crippen LogP contribution in [0.4, 0.5) is 0 Å². The molecule has 57 heavy (non-hydrogen) atoms. The summed E-state index contributed by atoms with van der Waals surface area (Å²) in [7, 11) is 3.27. The van der Waals surface area contributed by atoms with E-state index < -0.39 is 0 Å². The molecule has 0 aliphatic carbocycles. The Balaban J connectivity index is 1.77. The Kier molecular flexibility index (Phi) is 17.2. The molecule has 0 saturated heterocycles. The van der Waals surface area contributed by atoms with Gasteiger partial charge in [-0.3, -0.25) is 9.97 Å². The first-order valence-corrected chi connectivity index (χ1v) is 20.0. The summed E-state index contributed by atoms with van der Waals surface area (Å²) in [6.45, 7) is 11.8. The number of aromatic nitrogens is 5. The van der Waals surface area contributed by atoms with Crippen molar-refractivity contribution < 1.29 is 38.6 Å². The number of allylic oxidation sites excluding steroid dienone is 4. The van der Waals surface area contributed by atoms with Gasteiger partial charge in [0.05, 0.1) is 91.4 Å². The summed E-state index contributed by atoms with van der Waals surface area (Å²) >= 11 is 0. The highest BCUT2D eigenvalue weighted by Crippen LogP contribution is 2.38. The van der Waals surface area contributed by atoms with Crippen molar-refractivity contribution in [2.45, 2.75) is 66.2 Å². The van der Waals surface area contributed by atoms with Gasteiger partial charge in [-0.05, 0) is 97.9 Å². The molecule has 13 nitrogen and oxygen atoms in total. The Hall–Kier alpha value is -4.50. The summed E-state index contributed by atoms with van der Waals surface area (Å²) in [4.78, 5) is 24.0. The first-order valence-electron chi connectivity index (χ1n) is 20.0. The molecule has 2 aliphatic heterocycles. The van der Waals surface area contributed by atoms with Crippen LogP contribution in [0.2, 0.25) is 0 Å². The fourth-order valence-electron chi connectivity index (χ4n) is 6.97. The number of benzene rings is 1. The summed E-state index contributed by atoms with van der Waals surface area (Å²) < 4.78 is 34.0. The van der Waals surface area contributed by atoms with Crippen LogP contribution < -0.4 is 9.47 Å². The van der Waals surface area contributed by atoms with Crippen LogP contribution in [0.1, 0.15) is 86.8 Å². The Labute approximate surface area is 335 Å². The molecule has 308 valence electrons. The fraction of sp³-hybridized carbons (Fsp3) is 0.500. The SMILES string of the molecule is CCC1=C(CC)c2cc3[nH]c(cnc4cc(OCCOCCOC)c(OCCOCCOC)cc4ncc4nc(cc1n2)C(CCCO)=C4C)c(C)c3CCCO. The van der Waals surface area contributed by atoms with E-state index in [1.165, 1.54) is 11.1 Å². The highest BCUT2D eigenvalue weighted by molar-refractivity contribution is 5.95. The van der Waals surface area contributed by atoms with Gasteiger partial charge in [0, 0.05) is 45.1 Å². The molecular formula is C44H59N5O8. The lowest BCUT2D eigenvalue weighted by molar-refractivity contribution is 0.0499. The van der Waals surface area contributed by atoms with Gasteiger partial charge in [0.2, 0.25) is 0 Å². The standard InChI is InChI=1S/C44H59N5O8/c1-7-31-32(8-2)36-24-38-34(12-10-14-51)30(4)42(49-38)28-46-40-26-44(57-22-20-55-18-16-53-6)43(56-21-19-54-17-15-52-5)25-39(40)45-27-41-29(3)33(11-9-13-50)37(48-41)23-35(31)47-36/h23-28,48,50-51H,7-22H2,1-6H3. The van der Waals surface area contributed by atoms with Crippen molar-refractivity contribution >= 4 is 44.4 Å². The number of H-pyrrole nitrogens is 1. The van der Waals surface area contributed by atoms with Crippen LogP contribution in [0.3, 0.4) is 0 Å². The molecule has 1 aromatic carbocycles. The number of aryl methyl sites for hydroxylation is 2. The van der Waals surface area contributed by atoms with E-state index in [0.717, 1.165) is 68.9 Å². The molecule has 0 saturated carbocycles. The lowest BCUT2D eigenvalue weighted by atomic mass is 9.98. The molecule has 6 bridgehead atoms. The van der Waals surface area contributed by atoms with Crippen LogP contribution in [0.15, 0.2) is 36.7 Å². The lowest BCUT2D eigenvalue weighted by Crippen LogP contribution is -2.12. The zero-order chi connectivity index (χ0) is 40.6. The number of nitrogens with zero attached hydrogens (tertiary/aromatic N) is 4. The van der Waals surface area contributed by atoms with Crippen LogP contribution in [-0.4, -0.2) is 115 Å². The molecular weight excluding hydrogens is 727 g/mol. The summed E-state index contributed by atoms with van der Waals surface area (Å²) in [6.07, 6.45) is 7.82. The third kappa shape index (κ3) is 11.3. The van der Waals surface area contributed by atoms with Crippen molar-refractivity contribution in [3.8, 4) is 11.5 Å². The van der Waals surface area contributed by atoms with Gasteiger partial charge in [-0.15, -0.1) is 0 Å². The van der Waals surface area contributed by atoms with Gasteiger partial charge in [0.25, 0.3) is 0 Å². The summed E-state index contributed by atoms with van der Waals surface area (Å²) in [5, 5.41) is 19.6. The number of fused-ring (bicyclic) bond motifs is 7. The van der Waals surface area contributed by atoms with E-state index in [1.54, 1.807) is 20.4 Å². The molecule has 13 heteroatoms. The number of hydrogen-bond donors (Lipinski definition) is 3. The average molecular weight is 786 g/mol. The van der Waals surface area contributed by atoms with Gasteiger partial charge in [-0.2, -0.15) is 0 Å². The van der Waals surface area contributed by atoms with Gasteiger partial charge in [0.1, 0.15) is 13.2 Å². The van der Waals surface area contributed by atoms with Crippen molar-refractivity contribution in [2.24, 2.45) is 0 Å². The molecule has 0 radical (unpaired) electrons. The third-order valence-electron chi connectivity index (χ3n) is 10.0. The van der Waals surface area contributed by atoms with E-state index >= 15 is 0 Å². The average Bonchev–Trinajstić information content (AvgIpc) is 3.81. The van der Waals surface area contributed by atoms with Gasteiger partial charge in [-0.1, -0.05) is 13.8 Å². The van der Waals surface area contributed by atoms with Crippen LogP contribution in [0.25, 0.3) is 44.4 Å². The third-order valence-corrected chi connectivity index (χ3v) is 10.0. The van der Waals surface area contributed by atoms with Gasteiger partial charge >= 0.3 is 0 Å². The van der Waals surface area contributed by atoms with E-state index in [-0.39, 0.29) is 26.4 Å². The zero-order valence-electron chi connectivity index (χ0n) is 34.4. The minimum atomic E-state index is 0.0762. The molecule has 2 aliphatic rings. The van der Waals surface area contributed by atoms with Crippen LogP contribution >= 0.6 is 0 Å². The molecule has 0 atom stereocenters. The predicted octanol–water partition coefficient (Wildman–Crippen LogP) is 7.09. The normalized spacial score (nSPS) is 12.8. The quantitative estimate of drug-likeness (QED) is 0.0888. The van der Waals surface area contributed by atoms with Gasteiger partial charge < -0.3 is 43.6 Å². The van der Waals surface area contributed by atoms with Crippen LogP contribution in [0, 0.1) is 6.92 Å².